The molecule has 0 unspecified atom stereocenters. The highest BCUT2D eigenvalue weighted by Crippen LogP contribution is 2.33. The minimum Gasteiger partial charge on any atom is -0.399 e. The van der Waals surface area contributed by atoms with E-state index in [9.17, 15) is 9.18 Å². The smallest absolute Gasteiger partial charge is 0.231 e. The van der Waals surface area contributed by atoms with Crippen LogP contribution in [0.3, 0.4) is 0 Å². The molecule has 0 saturated carbocycles. The third-order valence-corrected chi connectivity index (χ3v) is 4.29. The fraction of sp³-hybridized carbons (Fsp3) is 0.133. The van der Waals surface area contributed by atoms with Crippen molar-refractivity contribution in [3.8, 4) is 0 Å². The van der Waals surface area contributed by atoms with Crippen molar-refractivity contribution < 1.29 is 9.18 Å². The van der Waals surface area contributed by atoms with Crippen LogP contribution in [0.25, 0.3) is 0 Å². The molecule has 102 valence electrons. The average Bonchev–Trinajstić information content (AvgIpc) is 2.70. The molecular formula is C15H12BrFN2O. The first kappa shape index (κ1) is 13.1. The molecule has 3 rings (SSSR count). The van der Waals surface area contributed by atoms with Crippen molar-refractivity contribution in [2.45, 2.75) is 13.0 Å². The van der Waals surface area contributed by atoms with Gasteiger partial charge in [-0.2, -0.15) is 0 Å². The number of nitrogens with zero attached hydrogens (tertiary/aromatic N) is 1. The maximum Gasteiger partial charge on any atom is 0.231 e. The number of benzene rings is 2. The Morgan fingerprint density at radius 2 is 2.10 bits per heavy atom. The maximum absolute atomic E-state index is 13.5. The number of carbonyl (C=O) groups is 1. The topological polar surface area (TPSA) is 46.3 Å². The molecule has 2 aromatic rings. The summed E-state index contributed by atoms with van der Waals surface area (Å²) >= 11 is 3.23. The minimum absolute atomic E-state index is 0.00163. The van der Waals surface area contributed by atoms with E-state index in [0.29, 0.717) is 23.1 Å². The van der Waals surface area contributed by atoms with Crippen molar-refractivity contribution in [1.29, 1.82) is 0 Å². The summed E-state index contributed by atoms with van der Waals surface area (Å²) in [6, 6.07) is 10.2. The Balaban J connectivity index is 1.96. The van der Waals surface area contributed by atoms with E-state index in [1.807, 2.05) is 12.1 Å². The van der Waals surface area contributed by atoms with Gasteiger partial charge in [0.05, 0.1) is 17.4 Å². The summed E-state index contributed by atoms with van der Waals surface area (Å²) in [6.45, 7) is 0.341. The summed E-state index contributed by atoms with van der Waals surface area (Å²) in [5.41, 5.74) is 8.88. The lowest BCUT2D eigenvalue weighted by molar-refractivity contribution is -0.117. The number of fused-ring (bicyclic) bond motifs is 1. The van der Waals surface area contributed by atoms with Gasteiger partial charge in [0.25, 0.3) is 0 Å². The second-order valence-corrected chi connectivity index (χ2v) is 5.55. The molecular weight excluding hydrogens is 323 g/mol. The van der Waals surface area contributed by atoms with Gasteiger partial charge < -0.3 is 10.6 Å². The molecule has 1 aliphatic heterocycles. The molecule has 1 aliphatic rings. The Kier molecular flexibility index (Phi) is 3.22. The lowest BCUT2D eigenvalue weighted by atomic mass is 10.1. The van der Waals surface area contributed by atoms with Crippen LogP contribution in [0, 0.1) is 5.82 Å². The van der Waals surface area contributed by atoms with Crippen molar-refractivity contribution in [3.05, 3.63) is 57.8 Å². The summed E-state index contributed by atoms with van der Waals surface area (Å²) in [5, 5.41) is 0. The van der Waals surface area contributed by atoms with Crippen molar-refractivity contribution in [3.63, 3.8) is 0 Å². The summed E-state index contributed by atoms with van der Waals surface area (Å²) in [7, 11) is 0. The van der Waals surface area contributed by atoms with Gasteiger partial charge in [-0.15, -0.1) is 0 Å². The number of halogens is 2. The number of anilines is 2. The zero-order valence-electron chi connectivity index (χ0n) is 10.6. The van der Waals surface area contributed by atoms with E-state index in [1.165, 1.54) is 6.07 Å². The predicted molar refractivity (Wildman–Crippen MR) is 79.8 cm³/mol. The molecule has 0 spiro atoms. The normalized spacial score (nSPS) is 13.7. The van der Waals surface area contributed by atoms with Gasteiger partial charge in [-0.1, -0.05) is 12.1 Å². The summed E-state index contributed by atoms with van der Waals surface area (Å²) in [6.07, 6.45) is 0.341. The van der Waals surface area contributed by atoms with E-state index < -0.39 is 0 Å². The monoisotopic (exact) mass is 334 g/mol. The predicted octanol–water partition coefficient (Wildman–Crippen LogP) is 3.26. The third kappa shape index (κ3) is 2.18. The molecule has 20 heavy (non-hydrogen) atoms. The van der Waals surface area contributed by atoms with Crippen LogP contribution in [0.15, 0.2) is 40.9 Å². The Morgan fingerprint density at radius 1 is 1.30 bits per heavy atom. The lowest BCUT2D eigenvalue weighted by Gasteiger charge is -2.18. The first-order valence-electron chi connectivity index (χ1n) is 6.18. The maximum atomic E-state index is 13.5. The van der Waals surface area contributed by atoms with Gasteiger partial charge in [0.15, 0.2) is 0 Å². The van der Waals surface area contributed by atoms with Crippen molar-refractivity contribution in [1.82, 2.24) is 0 Å². The van der Waals surface area contributed by atoms with Gasteiger partial charge in [-0.05, 0) is 51.3 Å². The number of hydrogen-bond acceptors (Lipinski definition) is 2. The lowest BCUT2D eigenvalue weighted by Crippen LogP contribution is -2.26. The molecule has 3 nitrogen and oxygen atoms in total. The number of nitrogen functional groups attached to an aromatic ring is 1. The minimum atomic E-state index is -0.327. The van der Waals surface area contributed by atoms with Crippen LogP contribution >= 0.6 is 15.9 Å². The van der Waals surface area contributed by atoms with Gasteiger partial charge in [0.2, 0.25) is 5.91 Å². The van der Waals surface area contributed by atoms with E-state index in [-0.39, 0.29) is 11.7 Å². The Morgan fingerprint density at radius 3 is 2.90 bits per heavy atom. The summed E-state index contributed by atoms with van der Waals surface area (Å²) < 4.78 is 13.9. The number of nitrogens with two attached hydrogens (primary N) is 1. The van der Waals surface area contributed by atoms with Crippen LogP contribution in [-0.4, -0.2) is 5.91 Å². The van der Waals surface area contributed by atoms with Crippen molar-refractivity contribution >= 4 is 33.2 Å². The van der Waals surface area contributed by atoms with Crippen molar-refractivity contribution in [2.75, 3.05) is 10.6 Å². The second kappa shape index (κ2) is 4.90. The van der Waals surface area contributed by atoms with Crippen LogP contribution in [-0.2, 0) is 17.8 Å². The molecule has 0 fully saturated rings. The van der Waals surface area contributed by atoms with E-state index >= 15 is 0 Å². The van der Waals surface area contributed by atoms with Gasteiger partial charge in [-0.3, -0.25) is 4.79 Å². The van der Waals surface area contributed by atoms with E-state index in [1.54, 1.807) is 23.1 Å². The van der Waals surface area contributed by atoms with Crippen LogP contribution in [0.1, 0.15) is 11.1 Å². The number of carbonyl (C=O) groups excluding carboxylic acids is 1. The van der Waals surface area contributed by atoms with Crippen LogP contribution in [0.4, 0.5) is 15.8 Å². The molecule has 0 saturated heterocycles. The van der Waals surface area contributed by atoms with Crippen molar-refractivity contribution in [2.24, 2.45) is 0 Å². The molecule has 2 N–H and O–H groups in total. The molecule has 0 bridgehead atoms. The Hall–Kier alpha value is -1.88. The molecule has 0 atom stereocenters. The standard InChI is InChI=1S/C15H12BrFN2O/c16-15-9(2-1-3-12(15)17)8-19-13-5-4-11(18)6-10(13)7-14(19)20/h1-6H,7-8,18H2. The average molecular weight is 335 g/mol. The largest absolute Gasteiger partial charge is 0.399 e. The molecule has 0 aromatic heterocycles. The van der Waals surface area contributed by atoms with Crippen LogP contribution < -0.4 is 10.6 Å². The molecule has 0 radical (unpaired) electrons. The highest BCUT2D eigenvalue weighted by atomic mass is 79.9. The second-order valence-electron chi connectivity index (χ2n) is 4.76. The van der Waals surface area contributed by atoms with Gasteiger partial charge in [-0.25, -0.2) is 4.39 Å². The first-order valence-corrected chi connectivity index (χ1v) is 6.97. The quantitative estimate of drug-likeness (QED) is 0.857. The highest BCUT2D eigenvalue weighted by Gasteiger charge is 2.27. The Bertz CT molecular complexity index is 702. The molecule has 5 heteroatoms. The number of rotatable bonds is 2. The number of amides is 1. The molecule has 0 aliphatic carbocycles. The zero-order chi connectivity index (χ0) is 14.3. The van der Waals surface area contributed by atoms with Crippen LogP contribution in [0.2, 0.25) is 0 Å². The summed E-state index contributed by atoms with van der Waals surface area (Å²) in [5.74, 6) is -0.326. The number of hydrogen-bond donors (Lipinski definition) is 1. The van der Waals surface area contributed by atoms with Gasteiger partial charge in [0, 0.05) is 11.4 Å². The Labute approximate surface area is 124 Å². The fourth-order valence-electron chi connectivity index (χ4n) is 2.42. The van der Waals surface area contributed by atoms with Gasteiger partial charge in [0.1, 0.15) is 5.82 Å². The SMILES string of the molecule is Nc1ccc2c(c1)CC(=O)N2Cc1cccc(F)c1Br. The molecule has 1 amide bonds. The molecule has 1 heterocycles. The third-order valence-electron chi connectivity index (χ3n) is 3.40. The zero-order valence-corrected chi connectivity index (χ0v) is 12.2. The molecule has 2 aromatic carbocycles. The highest BCUT2D eigenvalue weighted by molar-refractivity contribution is 9.10. The van der Waals surface area contributed by atoms with E-state index in [4.69, 9.17) is 5.73 Å². The van der Waals surface area contributed by atoms with Gasteiger partial charge >= 0.3 is 0 Å². The first-order chi connectivity index (χ1) is 9.56. The fourth-order valence-corrected chi connectivity index (χ4v) is 2.81. The van der Waals surface area contributed by atoms with E-state index in [0.717, 1.165) is 16.8 Å². The summed E-state index contributed by atoms with van der Waals surface area (Å²) in [4.78, 5) is 13.8. The van der Waals surface area contributed by atoms with Crippen LogP contribution in [0.5, 0.6) is 0 Å². The van der Waals surface area contributed by atoms with E-state index in [2.05, 4.69) is 15.9 Å².